The fourth-order valence-corrected chi connectivity index (χ4v) is 3.43. The lowest BCUT2D eigenvalue weighted by molar-refractivity contribution is -0.127. The highest BCUT2D eigenvalue weighted by Gasteiger charge is 2.36. The van der Waals surface area contributed by atoms with Crippen molar-refractivity contribution in [3.05, 3.63) is 58.2 Å². The predicted molar refractivity (Wildman–Crippen MR) is 104 cm³/mol. The van der Waals surface area contributed by atoms with E-state index in [1.54, 1.807) is 42.7 Å². The van der Waals surface area contributed by atoms with Crippen molar-refractivity contribution in [1.29, 1.82) is 0 Å². The van der Waals surface area contributed by atoms with Gasteiger partial charge in [-0.1, -0.05) is 11.6 Å². The van der Waals surface area contributed by atoms with Gasteiger partial charge >= 0.3 is 0 Å². The maximum absolute atomic E-state index is 12.4. The Hall–Kier alpha value is -2.84. The second kappa shape index (κ2) is 8.24. The third-order valence-electron chi connectivity index (χ3n) is 3.61. The summed E-state index contributed by atoms with van der Waals surface area (Å²) in [5, 5.41) is 2.44. The third-order valence-corrected chi connectivity index (χ3v) is 4.82. The summed E-state index contributed by atoms with van der Waals surface area (Å²) in [7, 11) is 1.48. The van der Waals surface area contributed by atoms with Crippen molar-refractivity contribution in [3.63, 3.8) is 0 Å². The Labute approximate surface area is 164 Å². The molecule has 9 heteroatoms. The smallest absolute Gasteiger partial charge is 0.294 e. The van der Waals surface area contributed by atoms with Crippen LogP contribution >= 0.6 is 23.4 Å². The van der Waals surface area contributed by atoms with Crippen LogP contribution in [0.15, 0.2) is 47.6 Å². The maximum Gasteiger partial charge on any atom is 0.294 e. The molecule has 1 aromatic heterocycles. The summed E-state index contributed by atoms with van der Waals surface area (Å²) >= 11 is 6.81. The molecule has 0 aliphatic carbocycles. The molecule has 2 heterocycles. The standard InChI is InChI=1S/C18H14ClN3O4S/c1-26-14-3-2-12(9-13(14)19)21-16(23)10-22-17(24)15(27-18(22)25)8-11-4-6-20-7-5-11/h2-9H,10H2,1H3,(H,21,23)/b15-8+. The van der Waals surface area contributed by atoms with Gasteiger partial charge in [0.15, 0.2) is 0 Å². The van der Waals surface area contributed by atoms with Crippen LogP contribution in [0.3, 0.4) is 0 Å². The minimum Gasteiger partial charge on any atom is -0.495 e. The van der Waals surface area contributed by atoms with Crippen LogP contribution in [-0.2, 0) is 9.59 Å². The van der Waals surface area contributed by atoms with Gasteiger partial charge in [0, 0.05) is 18.1 Å². The average molecular weight is 404 g/mol. The molecule has 1 saturated heterocycles. The van der Waals surface area contributed by atoms with E-state index < -0.39 is 17.1 Å². The Bertz CT molecular complexity index is 933. The predicted octanol–water partition coefficient (Wildman–Crippen LogP) is 3.42. The van der Waals surface area contributed by atoms with Crippen molar-refractivity contribution in [2.75, 3.05) is 19.0 Å². The fourth-order valence-electron chi connectivity index (χ4n) is 2.34. The molecule has 2 aromatic rings. The van der Waals surface area contributed by atoms with E-state index in [9.17, 15) is 14.4 Å². The summed E-state index contributed by atoms with van der Waals surface area (Å²) in [5.41, 5.74) is 1.18. The van der Waals surface area contributed by atoms with E-state index in [0.29, 0.717) is 16.5 Å². The number of amides is 3. The number of pyridine rings is 1. The van der Waals surface area contributed by atoms with Crippen LogP contribution in [0.1, 0.15) is 5.56 Å². The highest BCUT2D eigenvalue weighted by Crippen LogP contribution is 2.32. The molecule has 1 aliphatic rings. The van der Waals surface area contributed by atoms with Gasteiger partial charge in [-0.15, -0.1) is 0 Å². The molecule has 0 atom stereocenters. The number of ether oxygens (including phenoxy) is 1. The van der Waals surface area contributed by atoms with Gasteiger partial charge in [-0.25, -0.2) is 0 Å². The van der Waals surface area contributed by atoms with Crippen molar-refractivity contribution < 1.29 is 19.1 Å². The number of aromatic nitrogens is 1. The summed E-state index contributed by atoms with van der Waals surface area (Å²) in [6, 6.07) is 8.17. The minimum absolute atomic E-state index is 0.256. The van der Waals surface area contributed by atoms with Gasteiger partial charge in [-0.2, -0.15) is 0 Å². The Morgan fingerprint density at radius 2 is 2.04 bits per heavy atom. The topological polar surface area (TPSA) is 88.6 Å². The molecular formula is C18H14ClN3O4S. The number of rotatable bonds is 5. The van der Waals surface area contributed by atoms with Gasteiger partial charge in [0.1, 0.15) is 12.3 Å². The van der Waals surface area contributed by atoms with E-state index in [2.05, 4.69) is 10.3 Å². The highest BCUT2D eigenvalue weighted by atomic mass is 35.5. The zero-order valence-electron chi connectivity index (χ0n) is 14.1. The Morgan fingerprint density at radius 3 is 2.70 bits per heavy atom. The molecule has 1 aliphatic heterocycles. The van der Waals surface area contributed by atoms with Crippen LogP contribution < -0.4 is 10.1 Å². The molecule has 0 spiro atoms. The van der Waals surface area contributed by atoms with Crippen molar-refractivity contribution in [3.8, 4) is 5.75 Å². The van der Waals surface area contributed by atoms with Gasteiger partial charge in [0.2, 0.25) is 5.91 Å². The number of hydrogen-bond donors (Lipinski definition) is 1. The number of methoxy groups -OCH3 is 1. The van der Waals surface area contributed by atoms with E-state index in [4.69, 9.17) is 16.3 Å². The molecule has 3 rings (SSSR count). The van der Waals surface area contributed by atoms with Crippen LogP contribution in [0.4, 0.5) is 10.5 Å². The number of imide groups is 1. The quantitative estimate of drug-likeness (QED) is 0.769. The second-order valence-corrected chi connectivity index (χ2v) is 6.85. The van der Waals surface area contributed by atoms with Gasteiger partial charge in [0.05, 0.1) is 17.0 Å². The normalized spacial score (nSPS) is 15.3. The van der Waals surface area contributed by atoms with E-state index in [1.807, 2.05) is 0 Å². The fraction of sp³-hybridized carbons (Fsp3) is 0.111. The highest BCUT2D eigenvalue weighted by molar-refractivity contribution is 8.18. The molecule has 0 unspecified atom stereocenters. The van der Waals surface area contributed by atoms with E-state index in [1.165, 1.54) is 13.2 Å². The van der Waals surface area contributed by atoms with Crippen molar-refractivity contribution >= 4 is 52.2 Å². The second-order valence-electron chi connectivity index (χ2n) is 5.45. The summed E-state index contributed by atoms with van der Waals surface area (Å²) in [6.07, 6.45) is 4.76. The lowest BCUT2D eigenvalue weighted by atomic mass is 10.2. The molecule has 1 fully saturated rings. The number of carbonyl (C=O) groups excluding carboxylic acids is 3. The molecule has 1 aromatic carbocycles. The Morgan fingerprint density at radius 1 is 1.30 bits per heavy atom. The first-order valence-corrected chi connectivity index (χ1v) is 8.96. The number of nitrogens with zero attached hydrogens (tertiary/aromatic N) is 2. The Balaban J connectivity index is 1.67. The molecule has 0 radical (unpaired) electrons. The largest absolute Gasteiger partial charge is 0.495 e. The molecule has 0 saturated carbocycles. The van der Waals surface area contributed by atoms with Crippen molar-refractivity contribution in [2.45, 2.75) is 0 Å². The molecule has 1 N–H and O–H groups in total. The van der Waals surface area contributed by atoms with Crippen LogP contribution in [0.2, 0.25) is 5.02 Å². The van der Waals surface area contributed by atoms with Crippen molar-refractivity contribution in [1.82, 2.24) is 9.88 Å². The molecule has 3 amide bonds. The first kappa shape index (κ1) is 18.9. The van der Waals surface area contributed by atoms with Crippen LogP contribution in [0.5, 0.6) is 5.75 Å². The number of anilines is 1. The van der Waals surface area contributed by atoms with Gasteiger partial charge < -0.3 is 10.1 Å². The van der Waals surface area contributed by atoms with Crippen LogP contribution in [0.25, 0.3) is 6.08 Å². The summed E-state index contributed by atoms with van der Waals surface area (Å²) in [4.78, 5) is 41.8. The number of benzene rings is 1. The molecule has 0 bridgehead atoms. The van der Waals surface area contributed by atoms with Gasteiger partial charge in [-0.3, -0.25) is 24.3 Å². The minimum atomic E-state index is -0.510. The maximum atomic E-state index is 12.4. The SMILES string of the molecule is COc1ccc(NC(=O)CN2C(=O)S/C(=C/c3ccncc3)C2=O)cc1Cl. The lowest BCUT2D eigenvalue weighted by Gasteiger charge is -2.13. The summed E-state index contributed by atoms with van der Waals surface area (Å²) in [6.45, 7) is -0.387. The number of thioether (sulfide) groups is 1. The molecule has 138 valence electrons. The van der Waals surface area contributed by atoms with Crippen molar-refractivity contribution in [2.24, 2.45) is 0 Å². The van der Waals surface area contributed by atoms with Crippen LogP contribution in [-0.4, -0.2) is 40.6 Å². The van der Waals surface area contributed by atoms with E-state index in [0.717, 1.165) is 22.2 Å². The van der Waals surface area contributed by atoms with Crippen LogP contribution in [0, 0.1) is 0 Å². The third kappa shape index (κ3) is 4.47. The number of hydrogen-bond acceptors (Lipinski definition) is 6. The van der Waals surface area contributed by atoms with E-state index in [-0.39, 0.29) is 11.4 Å². The van der Waals surface area contributed by atoms with Gasteiger partial charge in [-0.05, 0) is 53.7 Å². The van der Waals surface area contributed by atoms with E-state index >= 15 is 0 Å². The first-order valence-electron chi connectivity index (χ1n) is 7.76. The zero-order valence-corrected chi connectivity index (χ0v) is 15.7. The molecule has 27 heavy (non-hydrogen) atoms. The molecular weight excluding hydrogens is 390 g/mol. The monoisotopic (exact) mass is 403 g/mol. The van der Waals surface area contributed by atoms with Gasteiger partial charge in [0.25, 0.3) is 11.1 Å². The average Bonchev–Trinajstić information content (AvgIpc) is 2.90. The number of halogens is 1. The number of nitrogens with one attached hydrogen (secondary N) is 1. The lowest BCUT2D eigenvalue weighted by Crippen LogP contribution is -2.36. The Kier molecular flexibility index (Phi) is 5.78. The summed E-state index contributed by atoms with van der Waals surface area (Å²) in [5.74, 6) is -0.546. The number of carbonyl (C=O) groups is 3. The summed E-state index contributed by atoms with van der Waals surface area (Å²) < 4.78 is 5.05. The zero-order chi connectivity index (χ0) is 19.4. The molecule has 7 nitrogen and oxygen atoms in total. The first-order chi connectivity index (χ1) is 13.0.